The van der Waals surface area contributed by atoms with Crippen LogP contribution in [0.4, 0.5) is 0 Å². The molecule has 1 aromatic heterocycles. The lowest BCUT2D eigenvalue weighted by molar-refractivity contribution is 0.103. The summed E-state index contributed by atoms with van der Waals surface area (Å²) in [5, 5.41) is 1.20. The monoisotopic (exact) mass is 420 g/mol. The van der Waals surface area contributed by atoms with Crippen LogP contribution in [-0.4, -0.2) is 15.3 Å². The molecule has 29 heavy (non-hydrogen) atoms. The van der Waals surface area contributed by atoms with Crippen LogP contribution in [0.15, 0.2) is 71.5 Å². The summed E-state index contributed by atoms with van der Waals surface area (Å²) in [6, 6.07) is 20.0. The molecule has 0 aliphatic rings. The number of fused-ring (bicyclic) bond motifs is 1. The highest BCUT2D eigenvalue weighted by Gasteiger charge is 2.12. The quantitative estimate of drug-likeness (QED) is 0.370. The number of hydrogen-bond donors (Lipinski definition) is 1. The predicted octanol–water partition coefficient (Wildman–Crippen LogP) is 5.07. The van der Waals surface area contributed by atoms with Crippen molar-refractivity contribution in [1.29, 1.82) is 0 Å². The average Bonchev–Trinajstić information content (AvgIpc) is 2.72. The molecule has 0 saturated carbocycles. The summed E-state index contributed by atoms with van der Waals surface area (Å²) in [6.07, 6.45) is 0.527. The lowest BCUT2D eigenvalue weighted by Gasteiger charge is -2.09. The lowest BCUT2D eigenvalue weighted by Crippen LogP contribution is -2.20. The largest absolute Gasteiger partial charge is 0.332 e. The number of aromatic nitrogens is 2. The zero-order valence-electron chi connectivity index (χ0n) is 15.6. The summed E-state index contributed by atoms with van der Waals surface area (Å²) in [5.41, 5.74) is 3.58. The molecular weight excluding hydrogens is 404 g/mol. The topological polar surface area (TPSA) is 54.9 Å². The molecule has 1 N–H and O–H groups in total. The number of nitrogens with zero attached hydrogens (tertiary/aromatic N) is 1. The number of hydrogen-bond acceptors (Lipinski definition) is 3. The van der Waals surface area contributed by atoms with Crippen molar-refractivity contribution in [3.8, 4) is 0 Å². The first-order chi connectivity index (χ1) is 13.9. The van der Waals surface area contributed by atoms with Gasteiger partial charge in [0.2, 0.25) is 0 Å². The van der Waals surface area contributed by atoms with Gasteiger partial charge in [0.15, 0.2) is 10.6 Å². The number of carbonyl (C=O) groups excluding carboxylic acids is 1. The van der Waals surface area contributed by atoms with Crippen LogP contribution in [0.1, 0.15) is 27.0 Å². The van der Waals surface area contributed by atoms with Gasteiger partial charge >= 0.3 is 0 Å². The molecule has 0 unspecified atom stereocenters. The number of nitrogens with one attached hydrogen (secondary N) is 1. The van der Waals surface area contributed by atoms with Gasteiger partial charge in [-0.25, -0.2) is 0 Å². The molecule has 0 saturated heterocycles. The van der Waals surface area contributed by atoms with Crippen LogP contribution >= 0.6 is 23.8 Å². The molecule has 4 aromatic rings. The fourth-order valence-corrected chi connectivity index (χ4v) is 3.69. The Hall–Kier alpha value is -3.02. The number of carbonyl (C=O) groups is 1. The minimum absolute atomic E-state index is 0.0681. The Bertz CT molecular complexity index is 1350. The number of halogens is 1. The first kappa shape index (κ1) is 19.3. The molecular formula is C23H17ClN2O2S. The maximum absolute atomic E-state index is 12.8. The first-order valence-corrected chi connectivity index (χ1v) is 9.83. The Kier molecular flexibility index (Phi) is 5.18. The van der Waals surface area contributed by atoms with E-state index in [0.29, 0.717) is 38.2 Å². The number of H-pyrrole nitrogens is 1. The second-order valence-corrected chi connectivity index (χ2v) is 7.67. The third kappa shape index (κ3) is 3.79. The van der Waals surface area contributed by atoms with E-state index in [-0.39, 0.29) is 11.3 Å². The van der Waals surface area contributed by atoms with Gasteiger partial charge in [-0.3, -0.25) is 14.2 Å². The molecule has 0 aliphatic heterocycles. The van der Waals surface area contributed by atoms with Gasteiger partial charge in [-0.05, 0) is 66.2 Å². The number of rotatable bonds is 4. The summed E-state index contributed by atoms with van der Waals surface area (Å²) in [4.78, 5) is 28.7. The third-order valence-corrected chi connectivity index (χ3v) is 5.53. The molecule has 0 amide bonds. The SMILES string of the molecule is Cn1c(=S)[nH]c2cccc(Cc3cccc(C(=O)c4ccc(Cl)cc4)c3)c2c1=O. The summed E-state index contributed by atoms with van der Waals surface area (Å²) in [7, 11) is 1.66. The van der Waals surface area contributed by atoms with Crippen LogP contribution in [0.25, 0.3) is 10.9 Å². The van der Waals surface area contributed by atoms with Gasteiger partial charge in [0.05, 0.1) is 10.9 Å². The highest BCUT2D eigenvalue weighted by Crippen LogP contribution is 2.20. The summed E-state index contributed by atoms with van der Waals surface area (Å²) >= 11 is 11.1. The van der Waals surface area contributed by atoms with Crippen molar-refractivity contribution >= 4 is 40.5 Å². The Labute approximate surface area is 177 Å². The van der Waals surface area contributed by atoms with Gasteiger partial charge < -0.3 is 4.98 Å². The number of ketones is 1. The van der Waals surface area contributed by atoms with Crippen LogP contribution in [0.5, 0.6) is 0 Å². The van der Waals surface area contributed by atoms with Crippen molar-refractivity contribution in [3.05, 3.63) is 109 Å². The minimum Gasteiger partial charge on any atom is -0.332 e. The van der Waals surface area contributed by atoms with Crippen molar-refractivity contribution in [1.82, 2.24) is 9.55 Å². The summed E-state index contributed by atoms with van der Waals surface area (Å²) in [5.74, 6) is -0.0681. The van der Waals surface area contributed by atoms with Crippen LogP contribution in [0, 0.1) is 4.77 Å². The fraction of sp³-hybridized carbons (Fsp3) is 0.0870. The molecule has 3 aromatic carbocycles. The Balaban J connectivity index is 1.73. The second kappa shape index (κ2) is 7.78. The summed E-state index contributed by atoms with van der Waals surface area (Å²) in [6.45, 7) is 0. The van der Waals surface area contributed by atoms with Crippen LogP contribution in [0.3, 0.4) is 0 Å². The van der Waals surface area contributed by atoms with Crippen molar-refractivity contribution in [2.75, 3.05) is 0 Å². The Morgan fingerprint density at radius 2 is 1.76 bits per heavy atom. The fourth-order valence-electron chi connectivity index (χ4n) is 3.37. The highest BCUT2D eigenvalue weighted by molar-refractivity contribution is 7.71. The van der Waals surface area contributed by atoms with Gasteiger partial charge in [-0.1, -0.05) is 41.9 Å². The molecule has 0 bridgehead atoms. The maximum atomic E-state index is 12.8. The van der Waals surface area contributed by atoms with Crippen molar-refractivity contribution < 1.29 is 4.79 Å². The van der Waals surface area contributed by atoms with Crippen molar-refractivity contribution in [2.24, 2.45) is 7.05 Å². The Morgan fingerprint density at radius 3 is 2.52 bits per heavy atom. The molecule has 0 radical (unpaired) electrons. The molecule has 1 heterocycles. The molecule has 6 heteroatoms. The molecule has 0 spiro atoms. The standard InChI is InChI=1S/C23H17ClN2O2S/c1-26-22(28)20-16(5-3-7-19(20)25-23(26)29)12-14-4-2-6-17(13-14)21(27)15-8-10-18(24)11-9-15/h2-11,13H,12H2,1H3,(H,25,29). The van der Waals surface area contributed by atoms with E-state index in [1.54, 1.807) is 37.4 Å². The van der Waals surface area contributed by atoms with E-state index in [0.717, 1.165) is 11.1 Å². The van der Waals surface area contributed by atoms with E-state index >= 15 is 0 Å². The van der Waals surface area contributed by atoms with Gasteiger partial charge in [-0.15, -0.1) is 0 Å². The van der Waals surface area contributed by atoms with Crippen molar-refractivity contribution in [3.63, 3.8) is 0 Å². The molecule has 0 aliphatic carbocycles. The number of benzene rings is 3. The average molecular weight is 421 g/mol. The lowest BCUT2D eigenvalue weighted by atomic mass is 9.97. The normalized spacial score (nSPS) is 11.0. The smallest absolute Gasteiger partial charge is 0.262 e. The second-order valence-electron chi connectivity index (χ2n) is 6.85. The van der Waals surface area contributed by atoms with Gasteiger partial charge in [0.25, 0.3) is 5.56 Å². The van der Waals surface area contributed by atoms with Gasteiger partial charge in [0.1, 0.15) is 0 Å². The third-order valence-electron chi connectivity index (χ3n) is 4.91. The van der Waals surface area contributed by atoms with E-state index in [1.165, 1.54) is 4.57 Å². The first-order valence-electron chi connectivity index (χ1n) is 9.04. The zero-order valence-corrected chi connectivity index (χ0v) is 17.2. The van der Waals surface area contributed by atoms with Crippen LogP contribution < -0.4 is 5.56 Å². The van der Waals surface area contributed by atoms with E-state index in [2.05, 4.69) is 4.98 Å². The molecule has 144 valence electrons. The van der Waals surface area contributed by atoms with E-state index in [1.807, 2.05) is 36.4 Å². The summed E-state index contributed by atoms with van der Waals surface area (Å²) < 4.78 is 1.82. The zero-order chi connectivity index (χ0) is 20.5. The molecule has 0 atom stereocenters. The van der Waals surface area contributed by atoms with Crippen molar-refractivity contribution in [2.45, 2.75) is 6.42 Å². The predicted molar refractivity (Wildman–Crippen MR) is 119 cm³/mol. The number of aromatic amines is 1. The molecule has 4 nitrogen and oxygen atoms in total. The van der Waals surface area contributed by atoms with Crippen LogP contribution in [-0.2, 0) is 13.5 Å². The van der Waals surface area contributed by atoms with E-state index < -0.39 is 0 Å². The van der Waals surface area contributed by atoms with Crippen LogP contribution in [0.2, 0.25) is 5.02 Å². The van der Waals surface area contributed by atoms with E-state index in [4.69, 9.17) is 23.8 Å². The maximum Gasteiger partial charge on any atom is 0.262 e. The Morgan fingerprint density at radius 1 is 1.03 bits per heavy atom. The highest BCUT2D eigenvalue weighted by atomic mass is 35.5. The van der Waals surface area contributed by atoms with Gasteiger partial charge in [-0.2, -0.15) is 0 Å². The van der Waals surface area contributed by atoms with E-state index in [9.17, 15) is 9.59 Å². The molecule has 0 fully saturated rings. The van der Waals surface area contributed by atoms with Gasteiger partial charge in [0, 0.05) is 23.2 Å². The minimum atomic E-state index is -0.132. The molecule has 4 rings (SSSR count).